The lowest BCUT2D eigenvalue weighted by Crippen LogP contribution is -2.36. The number of rotatable bonds is 5. The number of hydrogen-bond acceptors (Lipinski definition) is 3. The Kier molecular flexibility index (Phi) is 5.09. The second-order valence-electron chi connectivity index (χ2n) is 4.32. The van der Waals surface area contributed by atoms with Crippen LogP contribution in [0.2, 0.25) is 0 Å². The van der Waals surface area contributed by atoms with Gasteiger partial charge < -0.3 is 15.4 Å². The number of amides is 1. The second-order valence-corrected chi connectivity index (χ2v) is 4.32. The van der Waals surface area contributed by atoms with Gasteiger partial charge in [0.15, 0.2) is 18.2 Å². The van der Waals surface area contributed by atoms with E-state index in [2.05, 4.69) is 0 Å². The van der Waals surface area contributed by atoms with Crippen LogP contribution in [0.5, 0.6) is 5.75 Å². The summed E-state index contributed by atoms with van der Waals surface area (Å²) in [6, 6.07) is 4.60. The van der Waals surface area contributed by atoms with Crippen molar-refractivity contribution in [3.05, 3.63) is 29.6 Å². The third-order valence-electron chi connectivity index (χ3n) is 2.78. The van der Waals surface area contributed by atoms with Gasteiger partial charge in [0.25, 0.3) is 5.91 Å². The Morgan fingerprint density at radius 3 is 2.72 bits per heavy atom. The van der Waals surface area contributed by atoms with Crippen LogP contribution >= 0.6 is 0 Å². The van der Waals surface area contributed by atoms with Gasteiger partial charge >= 0.3 is 0 Å². The quantitative estimate of drug-likeness (QED) is 0.867. The molecule has 1 aromatic carbocycles. The van der Waals surface area contributed by atoms with Crippen LogP contribution in [0.15, 0.2) is 18.2 Å². The summed E-state index contributed by atoms with van der Waals surface area (Å²) in [5, 5.41) is 0. The molecule has 0 heterocycles. The van der Waals surface area contributed by atoms with E-state index < -0.39 is 5.82 Å². The summed E-state index contributed by atoms with van der Waals surface area (Å²) in [7, 11) is 1.68. The second kappa shape index (κ2) is 6.35. The topological polar surface area (TPSA) is 55.6 Å². The van der Waals surface area contributed by atoms with Crippen LogP contribution in [-0.2, 0) is 11.3 Å². The zero-order valence-electron chi connectivity index (χ0n) is 10.9. The molecule has 2 N–H and O–H groups in total. The van der Waals surface area contributed by atoms with E-state index in [9.17, 15) is 9.18 Å². The number of carbonyl (C=O) groups excluding carboxylic acids is 1. The Morgan fingerprint density at radius 2 is 2.17 bits per heavy atom. The molecule has 0 aliphatic rings. The first kappa shape index (κ1) is 14.4. The summed E-state index contributed by atoms with van der Waals surface area (Å²) in [5.41, 5.74) is 6.04. The minimum absolute atomic E-state index is 0.0607. The maximum Gasteiger partial charge on any atom is 0.260 e. The lowest BCUT2D eigenvalue weighted by atomic mass is 10.2. The number of likely N-dealkylation sites (N-methyl/N-ethyl adjacent to an activating group) is 1. The normalized spacial score (nSPS) is 10.6. The molecule has 0 saturated carbocycles. The standard InChI is InChI=1S/C13H19FN2O2/c1-9(2)16(3)12(17)8-18-13-10(7-15)5-4-6-11(13)14/h4-6,9H,7-8,15H2,1-3H3. The highest BCUT2D eigenvalue weighted by atomic mass is 19.1. The lowest BCUT2D eigenvalue weighted by Gasteiger charge is -2.21. The number of nitrogens with two attached hydrogens (primary N) is 1. The van der Waals surface area contributed by atoms with Crippen LogP contribution in [-0.4, -0.2) is 30.5 Å². The average molecular weight is 254 g/mol. The molecule has 0 aliphatic heterocycles. The molecule has 5 heteroatoms. The molecule has 0 radical (unpaired) electrons. The zero-order chi connectivity index (χ0) is 13.7. The summed E-state index contributed by atoms with van der Waals surface area (Å²) in [6.45, 7) is 3.77. The highest BCUT2D eigenvalue weighted by molar-refractivity contribution is 5.77. The third kappa shape index (κ3) is 3.43. The minimum Gasteiger partial charge on any atom is -0.480 e. The van der Waals surface area contributed by atoms with Gasteiger partial charge in [-0.2, -0.15) is 0 Å². The molecule has 0 atom stereocenters. The number of ether oxygens (including phenoxy) is 1. The van der Waals surface area contributed by atoms with Gasteiger partial charge in [-0.05, 0) is 19.9 Å². The SMILES string of the molecule is CC(C)N(C)C(=O)COc1c(F)cccc1CN. The Hall–Kier alpha value is -1.62. The summed E-state index contributed by atoms with van der Waals surface area (Å²) < 4.78 is 18.8. The Labute approximate surface area is 107 Å². The van der Waals surface area contributed by atoms with Gasteiger partial charge in [0.05, 0.1) is 0 Å². The molecule has 0 fully saturated rings. The van der Waals surface area contributed by atoms with E-state index in [1.807, 2.05) is 13.8 Å². The number of para-hydroxylation sites is 1. The van der Waals surface area contributed by atoms with Crippen LogP contribution in [0.3, 0.4) is 0 Å². The van der Waals surface area contributed by atoms with Crippen molar-refractivity contribution in [2.24, 2.45) is 5.73 Å². The smallest absolute Gasteiger partial charge is 0.260 e. The molecule has 1 rings (SSSR count). The molecule has 1 aromatic rings. The molecule has 1 amide bonds. The number of halogens is 1. The highest BCUT2D eigenvalue weighted by Gasteiger charge is 2.15. The van der Waals surface area contributed by atoms with Crippen LogP contribution < -0.4 is 10.5 Å². The van der Waals surface area contributed by atoms with Crippen molar-refractivity contribution in [3.8, 4) is 5.75 Å². The zero-order valence-corrected chi connectivity index (χ0v) is 10.9. The van der Waals surface area contributed by atoms with Crippen LogP contribution in [0.4, 0.5) is 4.39 Å². The first-order chi connectivity index (χ1) is 8.47. The molecule has 0 spiro atoms. The van der Waals surface area contributed by atoms with Crippen molar-refractivity contribution >= 4 is 5.91 Å². The lowest BCUT2D eigenvalue weighted by molar-refractivity contribution is -0.133. The Morgan fingerprint density at radius 1 is 1.50 bits per heavy atom. The van der Waals surface area contributed by atoms with Gasteiger partial charge in [0, 0.05) is 25.2 Å². The molecule has 4 nitrogen and oxygen atoms in total. The van der Waals surface area contributed by atoms with E-state index in [4.69, 9.17) is 10.5 Å². The van der Waals surface area contributed by atoms with Crippen molar-refractivity contribution in [2.75, 3.05) is 13.7 Å². The van der Waals surface area contributed by atoms with E-state index in [1.165, 1.54) is 6.07 Å². The predicted octanol–water partition coefficient (Wildman–Crippen LogP) is 1.53. The summed E-state index contributed by atoms with van der Waals surface area (Å²) >= 11 is 0. The predicted molar refractivity (Wildman–Crippen MR) is 67.7 cm³/mol. The number of hydrogen-bond donors (Lipinski definition) is 1. The van der Waals surface area contributed by atoms with Crippen molar-refractivity contribution in [1.29, 1.82) is 0 Å². The van der Waals surface area contributed by atoms with Gasteiger partial charge in [-0.1, -0.05) is 12.1 Å². The number of benzene rings is 1. The average Bonchev–Trinajstić information content (AvgIpc) is 2.35. The fourth-order valence-corrected chi connectivity index (χ4v) is 1.40. The molecular formula is C13H19FN2O2. The molecule has 18 heavy (non-hydrogen) atoms. The summed E-state index contributed by atoms with van der Waals surface area (Å²) in [5.74, 6) is -0.639. The summed E-state index contributed by atoms with van der Waals surface area (Å²) in [6.07, 6.45) is 0. The summed E-state index contributed by atoms with van der Waals surface area (Å²) in [4.78, 5) is 13.3. The van der Waals surface area contributed by atoms with E-state index in [1.54, 1.807) is 24.1 Å². The third-order valence-corrected chi connectivity index (χ3v) is 2.78. The van der Waals surface area contributed by atoms with Crippen LogP contribution in [0, 0.1) is 5.82 Å². The maximum absolute atomic E-state index is 13.5. The van der Waals surface area contributed by atoms with Crippen molar-refractivity contribution in [2.45, 2.75) is 26.4 Å². The van der Waals surface area contributed by atoms with E-state index in [0.717, 1.165) is 0 Å². The fourth-order valence-electron chi connectivity index (χ4n) is 1.40. The largest absolute Gasteiger partial charge is 0.480 e. The number of carbonyl (C=O) groups is 1. The molecule has 0 bridgehead atoms. The van der Waals surface area contributed by atoms with Gasteiger partial charge in [0.1, 0.15) is 0 Å². The fraction of sp³-hybridized carbons (Fsp3) is 0.462. The molecular weight excluding hydrogens is 235 g/mol. The van der Waals surface area contributed by atoms with Crippen molar-refractivity contribution in [3.63, 3.8) is 0 Å². The molecule has 0 aromatic heterocycles. The Balaban J connectivity index is 2.72. The van der Waals surface area contributed by atoms with E-state index in [-0.39, 0.29) is 30.9 Å². The van der Waals surface area contributed by atoms with Gasteiger partial charge in [-0.3, -0.25) is 4.79 Å². The van der Waals surface area contributed by atoms with E-state index in [0.29, 0.717) is 5.56 Å². The van der Waals surface area contributed by atoms with Crippen LogP contribution in [0.25, 0.3) is 0 Å². The monoisotopic (exact) mass is 254 g/mol. The van der Waals surface area contributed by atoms with E-state index >= 15 is 0 Å². The highest BCUT2D eigenvalue weighted by Crippen LogP contribution is 2.22. The van der Waals surface area contributed by atoms with Gasteiger partial charge in [-0.15, -0.1) is 0 Å². The number of nitrogens with zero attached hydrogens (tertiary/aromatic N) is 1. The van der Waals surface area contributed by atoms with Gasteiger partial charge in [-0.25, -0.2) is 4.39 Å². The molecule has 0 unspecified atom stereocenters. The van der Waals surface area contributed by atoms with Crippen LogP contribution in [0.1, 0.15) is 19.4 Å². The van der Waals surface area contributed by atoms with Crippen molar-refractivity contribution in [1.82, 2.24) is 4.90 Å². The first-order valence-electron chi connectivity index (χ1n) is 5.83. The molecule has 0 aliphatic carbocycles. The Bertz CT molecular complexity index is 421. The maximum atomic E-state index is 13.5. The van der Waals surface area contributed by atoms with Gasteiger partial charge in [0.2, 0.25) is 0 Å². The first-order valence-corrected chi connectivity index (χ1v) is 5.83. The van der Waals surface area contributed by atoms with Crippen molar-refractivity contribution < 1.29 is 13.9 Å². The molecule has 100 valence electrons. The molecule has 0 saturated heterocycles. The minimum atomic E-state index is -0.502.